The highest BCUT2D eigenvalue weighted by atomic mass is 16.3. The average molecular weight is 308 g/mol. The molecule has 22 heavy (non-hydrogen) atoms. The van der Waals surface area contributed by atoms with Gasteiger partial charge in [-0.25, -0.2) is 0 Å². The van der Waals surface area contributed by atoms with E-state index < -0.39 is 0 Å². The molecule has 2 amide bonds. The molecular formula is C17H28N2O3. The first-order chi connectivity index (χ1) is 10.5. The molecule has 3 rings (SSSR count). The molecule has 3 unspecified atom stereocenters. The van der Waals surface area contributed by atoms with Crippen LogP contribution in [0.4, 0.5) is 0 Å². The van der Waals surface area contributed by atoms with E-state index in [1.54, 1.807) is 0 Å². The molecule has 1 saturated heterocycles. The van der Waals surface area contributed by atoms with Crippen molar-refractivity contribution in [3.8, 4) is 0 Å². The second-order valence-electron chi connectivity index (χ2n) is 7.65. The van der Waals surface area contributed by atoms with Crippen molar-refractivity contribution in [3.05, 3.63) is 0 Å². The van der Waals surface area contributed by atoms with Gasteiger partial charge in [-0.1, -0.05) is 26.2 Å². The predicted octanol–water partition coefficient (Wildman–Crippen LogP) is 1.44. The summed E-state index contributed by atoms with van der Waals surface area (Å²) in [5, 5.41) is 12.7. The maximum absolute atomic E-state index is 12.5. The largest absolute Gasteiger partial charge is 0.396 e. The van der Waals surface area contributed by atoms with Crippen LogP contribution in [0.15, 0.2) is 0 Å². The summed E-state index contributed by atoms with van der Waals surface area (Å²) in [7, 11) is 0. The summed E-state index contributed by atoms with van der Waals surface area (Å²) in [6.45, 7) is 2.73. The average Bonchev–Trinajstić information content (AvgIpc) is 3.20. The molecule has 2 saturated carbocycles. The maximum Gasteiger partial charge on any atom is 0.225 e. The number of nitrogens with one attached hydrogen (secondary N) is 1. The van der Waals surface area contributed by atoms with Crippen molar-refractivity contribution in [2.75, 3.05) is 13.2 Å². The Morgan fingerprint density at radius 2 is 2.05 bits per heavy atom. The minimum absolute atomic E-state index is 0.000391. The molecule has 0 spiro atoms. The van der Waals surface area contributed by atoms with Crippen molar-refractivity contribution >= 4 is 11.8 Å². The van der Waals surface area contributed by atoms with Crippen LogP contribution in [0.5, 0.6) is 0 Å². The quantitative estimate of drug-likeness (QED) is 0.826. The van der Waals surface area contributed by atoms with E-state index in [2.05, 4.69) is 5.32 Å². The van der Waals surface area contributed by atoms with E-state index in [1.165, 1.54) is 12.8 Å². The van der Waals surface area contributed by atoms with E-state index in [1.807, 2.05) is 11.8 Å². The van der Waals surface area contributed by atoms with Crippen molar-refractivity contribution < 1.29 is 14.7 Å². The molecule has 3 atom stereocenters. The highest BCUT2D eigenvalue weighted by Gasteiger charge is 2.43. The summed E-state index contributed by atoms with van der Waals surface area (Å²) in [5.41, 5.74) is -0.205. The van der Waals surface area contributed by atoms with E-state index >= 15 is 0 Å². The van der Waals surface area contributed by atoms with Gasteiger partial charge in [0.15, 0.2) is 0 Å². The number of aliphatic hydroxyl groups excluding tert-OH is 1. The molecule has 0 aromatic heterocycles. The van der Waals surface area contributed by atoms with Crippen LogP contribution in [0.1, 0.15) is 58.3 Å². The molecule has 5 nitrogen and oxygen atoms in total. The summed E-state index contributed by atoms with van der Waals surface area (Å²) >= 11 is 0. The zero-order valence-electron chi connectivity index (χ0n) is 13.5. The van der Waals surface area contributed by atoms with Gasteiger partial charge in [-0.15, -0.1) is 0 Å². The van der Waals surface area contributed by atoms with Gasteiger partial charge in [0, 0.05) is 30.5 Å². The number of carbonyl (C=O) groups is 2. The van der Waals surface area contributed by atoms with Gasteiger partial charge in [-0.2, -0.15) is 0 Å². The number of aliphatic hydroxyl groups is 1. The predicted molar refractivity (Wildman–Crippen MR) is 83.1 cm³/mol. The third kappa shape index (κ3) is 2.87. The topological polar surface area (TPSA) is 69.6 Å². The second-order valence-corrected chi connectivity index (χ2v) is 7.65. The minimum atomic E-state index is -0.211. The van der Waals surface area contributed by atoms with E-state index in [4.69, 9.17) is 0 Å². The molecular weight excluding hydrogens is 280 g/mol. The number of hydrogen-bond donors (Lipinski definition) is 2. The zero-order valence-corrected chi connectivity index (χ0v) is 13.5. The SMILES string of the molecule is CC1(CO)CCCC1NC(=O)C1CC(=O)N(C2CCCC2)C1. The smallest absolute Gasteiger partial charge is 0.225 e. The first-order valence-electron chi connectivity index (χ1n) is 8.74. The normalized spacial score (nSPS) is 36.3. The number of likely N-dealkylation sites (tertiary alicyclic amines) is 1. The van der Waals surface area contributed by atoms with Gasteiger partial charge < -0.3 is 15.3 Å². The van der Waals surface area contributed by atoms with Crippen molar-refractivity contribution in [2.24, 2.45) is 11.3 Å². The van der Waals surface area contributed by atoms with Gasteiger partial charge in [0.1, 0.15) is 0 Å². The molecule has 2 N–H and O–H groups in total. The highest BCUT2D eigenvalue weighted by Crippen LogP contribution is 2.38. The van der Waals surface area contributed by atoms with Crippen LogP contribution in [-0.4, -0.2) is 47.1 Å². The van der Waals surface area contributed by atoms with E-state index in [-0.39, 0.29) is 35.8 Å². The fourth-order valence-electron chi connectivity index (χ4n) is 4.43. The fourth-order valence-corrected chi connectivity index (χ4v) is 4.43. The molecule has 0 bridgehead atoms. The van der Waals surface area contributed by atoms with Crippen LogP contribution >= 0.6 is 0 Å². The van der Waals surface area contributed by atoms with E-state index in [0.717, 1.165) is 32.1 Å². The second kappa shape index (κ2) is 6.19. The van der Waals surface area contributed by atoms with Gasteiger partial charge in [0.2, 0.25) is 11.8 Å². The Balaban J connectivity index is 1.58. The summed E-state index contributed by atoms with van der Waals surface area (Å²) in [4.78, 5) is 26.7. The van der Waals surface area contributed by atoms with Gasteiger partial charge >= 0.3 is 0 Å². The molecule has 1 aliphatic heterocycles. The lowest BCUT2D eigenvalue weighted by atomic mass is 9.85. The molecule has 3 aliphatic rings. The summed E-state index contributed by atoms with van der Waals surface area (Å²) < 4.78 is 0. The molecule has 0 aromatic rings. The Morgan fingerprint density at radius 3 is 2.73 bits per heavy atom. The van der Waals surface area contributed by atoms with Gasteiger partial charge in [0.25, 0.3) is 0 Å². The first kappa shape index (κ1) is 15.8. The van der Waals surface area contributed by atoms with Crippen LogP contribution < -0.4 is 5.32 Å². The minimum Gasteiger partial charge on any atom is -0.396 e. The van der Waals surface area contributed by atoms with Crippen LogP contribution in [0.3, 0.4) is 0 Å². The number of carbonyl (C=O) groups excluding carboxylic acids is 2. The van der Waals surface area contributed by atoms with Crippen molar-refractivity contribution in [3.63, 3.8) is 0 Å². The van der Waals surface area contributed by atoms with E-state index in [9.17, 15) is 14.7 Å². The summed E-state index contributed by atoms with van der Waals surface area (Å²) in [5.74, 6) is -0.0690. The number of hydrogen-bond acceptors (Lipinski definition) is 3. The van der Waals surface area contributed by atoms with Crippen LogP contribution in [0, 0.1) is 11.3 Å². The standard InChI is InChI=1S/C17H28N2O3/c1-17(11-20)8-4-7-14(17)18-16(22)12-9-15(21)19(10-12)13-5-2-3-6-13/h12-14,20H,2-11H2,1H3,(H,18,22). The molecule has 5 heteroatoms. The Labute approximate surface area is 132 Å². The van der Waals surface area contributed by atoms with Gasteiger partial charge in [-0.05, 0) is 25.7 Å². The number of rotatable bonds is 4. The fraction of sp³-hybridized carbons (Fsp3) is 0.882. The number of amides is 2. The van der Waals surface area contributed by atoms with Gasteiger partial charge in [-0.3, -0.25) is 9.59 Å². The number of nitrogens with zero attached hydrogens (tertiary/aromatic N) is 1. The van der Waals surface area contributed by atoms with Crippen LogP contribution in [0.25, 0.3) is 0 Å². The van der Waals surface area contributed by atoms with Crippen LogP contribution in [0.2, 0.25) is 0 Å². The first-order valence-corrected chi connectivity index (χ1v) is 8.74. The van der Waals surface area contributed by atoms with Gasteiger partial charge in [0.05, 0.1) is 12.5 Å². The Kier molecular flexibility index (Phi) is 4.44. The molecule has 0 radical (unpaired) electrons. The third-order valence-electron chi connectivity index (χ3n) is 6.05. The summed E-state index contributed by atoms with van der Waals surface area (Å²) in [6.07, 6.45) is 7.84. The van der Waals surface area contributed by atoms with Crippen molar-refractivity contribution in [1.29, 1.82) is 0 Å². The zero-order chi connectivity index (χ0) is 15.7. The Bertz CT molecular complexity index is 447. The maximum atomic E-state index is 12.5. The van der Waals surface area contributed by atoms with Crippen molar-refractivity contribution in [2.45, 2.75) is 70.4 Å². The Morgan fingerprint density at radius 1 is 1.32 bits per heavy atom. The van der Waals surface area contributed by atoms with Crippen molar-refractivity contribution in [1.82, 2.24) is 10.2 Å². The Hall–Kier alpha value is -1.10. The lowest BCUT2D eigenvalue weighted by Gasteiger charge is -2.31. The monoisotopic (exact) mass is 308 g/mol. The lowest BCUT2D eigenvalue weighted by Crippen LogP contribution is -2.47. The molecule has 1 heterocycles. The molecule has 3 fully saturated rings. The van der Waals surface area contributed by atoms with E-state index in [0.29, 0.717) is 19.0 Å². The summed E-state index contributed by atoms with van der Waals surface area (Å²) in [6, 6.07) is 0.403. The lowest BCUT2D eigenvalue weighted by molar-refractivity contribution is -0.130. The highest BCUT2D eigenvalue weighted by molar-refractivity contribution is 5.89. The molecule has 0 aromatic carbocycles. The third-order valence-corrected chi connectivity index (χ3v) is 6.05. The van der Waals surface area contributed by atoms with Crippen LogP contribution in [-0.2, 0) is 9.59 Å². The molecule has 2 aliphatic carbocycles. The molecule has 124 valence electrons.